The molecule has 2 atom stereocenters. The monoisotopic (exact) mass is 215 g/mol. The molecule has 0 spiro atoms. The Bertz CT molecular complexity index is 385. The summed E-state index contributed by atoms with van der Waals surface area (Å²) in [5.74, 6) is 0.825. The van der Waals surface area contributed by atoms with Crippen LogP contribution in [0, 0.1) is 0 Å². The molecular weight excluding hydrogens is 202 g/mol. The Labute approximate surface area is 83.2 Å². The summed E-state index contributed by atoms with van der Waals surface area (Å²) in [6.07, 6.45) is 1.66. The molecule has 6 heteroatoms. The Morgan fingerprint density at radius 3 is 2.93 bits per heavy atom. The molecule has 2 aliphatic rings. The van der Waals surface area contributed by atoms with Gasteiger partial charge in [-0.05, 0) is 13.0 Å². The average molecular weight is 215 g/mol. The van der Waals surface area contributed by atoms with Gasteiger partial charge < -0.3 is 10.6 Å². The fraction of sp³-hybridized carbons (Fsp3) is 0.625. The molecule has 14 heavy (non-hydrogen) atoms. The second-order valence-corrected chi connectivity index (χ2v) is 5.57. The van der Waals surface area contributed by atoms with Crippen LogP contribution in [0.25, 0.3) is 0 Å². The van der Waals surface area contributed by atoms with E-state index in [0.29, 0.717) is 12.0 Å². The lowest BCUT2D eigenvalue weighted by molar-refractivity contribution is 0.602. The number of hydrogen-bond acceptors (Lipinski definition) is 5. The minimum atomic E-state index is -2.98. The minimum Gasteiger partial charge on any atom is -0.352 e. The molecule has 0 fully saturated rings. The number of nitrogens with one attached hydrogen (secondary N) is 2. The Hall–Kier alpha value is -1.04. The Morgan fingerprint density at radius 1 is 1.64 bits per heavy atom. The first-order valence-corrected chi connectivity index (χ1v) is 6.25. The standard InChI is InChI=1S/C8H13N3O2S/c1-6-4-9-8(10-6)11-7-2-3-14(12,13)5-7/h2-3,6-7H,4-5H2,1H3,(H2,9,10,11). The molecule has 78 valence electrons. The molecule has 0 aliphatic carbocycles. The first-order valence-electron chi connectivity index (χ1n) is 4.54. The van der Waals surface area contributed by atoms with Gasteiger partial charge in [-0.25, -0.2) is 8.42 Å². The molecule has 0 saturated carbocycles. The molecule has 5 nitrogen and oxygen atoms in total. The molecule has 0 aromatic rings. The first-order chi connectivity index (χ1) is 6.55. The van der Waals surface area contributed by atoms with Gasteiger partial charge in [-0.3, -0.25) is 4.99 Å². The highest BCUT2D eigenvalue weighted by Gasteiger charge is 2.23. The molecule has 0 radical (unpaired) electrons. The van der Waals surface area contributed by atoms with E-state index in [9.17, 15) is 8.42 Å². The van der Waals surface area contributed by atoms with Crippen molar-refractivity contribution >= 4 is 15.8 Å². The van der Waals surface area contributed by atoms with Crippen molar-refractivity contribution in [1.29, 1.82) is 0 Å². The van der Waals surface area contributed by atoms with E-state index in [-0.39, 0.29) is 11.8 Å². The van der Waals surface area contributed by atoms with Crippen molar-refractivity contribution in [2.75, 3.05) is 12.3 Å². The Morgan fingerprint density at radius 2 is 2.43 bits per heavy atom. The summed E-state index contributed by atoms with van der Waals surface area (Å²) in [6.45, 7) is 2.77. The molecule has 2 unspecified atom stereocenters. The second-order valence-electron chi connectivity index (χ2n) is 3.64. The van der Waals surface area contributed by atoms with Crippen molar-refractivity contribution in [3.05, 3.63) is 11.5 Å². The number of sulfone groups is 1. The van der Waals surface area contributed by atoms with Crippen molar-refractivity contribution in [1.82, 2.24) is 10.6 Å². The maximum atomic E-state index is 11.1. The first kappa shape index (κ1) is 9.51. The van der Waals surface area contributed by atoms with Crippen molar-refractivity contribution in [3.63, 3.8) is 0 Å². The van der Waals surface area contributed by atoms with Gasteiger partial charge in [0.25, 0.3) is 0 Å². The van der Waals surface area contributed by atoms with E-state index in [1.807, 2.05) is 6.92 Å². The van der Waals surface area contributed by atoms with Crippen LogP contribution in [0.15, 0.2) is 16.5 Å². The van der Waals surface area contributed by atoms with Crippen LogP contribution in [0.2, 0.25) is 0 Å². The molecule has 0 amide bonds. The van der Waals surface area contributed by atoms with Crippen LogP contribution in [-0.4, -0.2) is 38.8 Å². The van der Waals surface area contributed by atoms with Crippen LogP contribution in [0.4, 0.5) is 0 Å². The van der Waals surface area contributed by atoms with E-state index >= 15 is 0 Å². The second kappa shape index (κ2) is 3.27. The van der Waals surface area contributed by atoms with E-state index in [1.165, 1.54) is 5.41 Å². The van der Waals surface area contributed by atoms with Crippen molar-refractivity contribution in [2.45, 2.75) is 19.0 Å². The van der Waals surface area contributed by atoms with Gasteiger partial charge >= 0.3 is 0 Å². The van der Waals surface area contributed by atoms with Crippen LogP contribution in [-0.2, 0) is 9.84 Å². The lowest BCUT2D eigenvalue weighted by Gasteiger charge is -2.12. The largest absolute Gasteiger partial charge is 0.352 e. The summed E-state index contributed by atoms with van der Waals surface area (Å²) < 4.78 is 22.2. The summed E-state index contributed by atoms with van der Waals surface area (Å²) in [7, 11) is -2.98. The molecule has 0 saturated heterocycles. The maximum Gasteiger partial charge on any atom is 0.192 e. The normalized spacial score (nSPS) is 33.9. The van der Waals surface area contributed by atoms with E-state index in [0.717, 1.165) is 6.54 Å². The molecule has 0 bridgehead atoms. The van der Waals surface area contributed by atoms with Gasteiger partial charge in [0.2, 0.25) is 0 Å². The fourth-order valence-corrected chi connectivity index (χ4v) is 2.72. The summed E-state index contributed by atoms with van der Waals surface area (Å²) >= 11 is 0. The number of hydrogen-bond donors (Lipinski definition) is 2. The lowest BCUT2D eigenvalue weighted by Crippen LogP contribution is -2.43. The van der Waals surface area contributed by atoms with Gasteiger partial charge in [0.15, 0.2) is 15.8 Å². The highest BCUT2D eigenvalue weighted by Crippen LogP contribution is 2.08. The molecule has 2 heterocycles. The number of guanidine groups is 1. The van der Waals surface area contributed by atoms with Crippen LogP contribution in [0.3, 0.4) is 0 Å². The summed E-state index contributed by atoms with van der Waals surface area (Å²) in [5.41, 5.74) is 0. The third-order valence-electron chi connectivity index (χ3n) is 2.16. The number of rotatable bonds is 1. The van der Waals surface area contributed by atoms with Crippen LogP contribution in [0.5, 0.6) is 0 Å². The summed E-state index contributed by atoms with van der Waals surface area (Å²) in [6, 6.07) is 0.191. The van der Waals surface area contributed by atoms with Crippen molar-refractivity contribution < 1.29 is 8.42 Å². The van der Waals surface area contributed by atoms with Crippen LogP contribution >= 0.6 is 0 Å². The van der Waals surface area contributed by atoms with Gasteiger partial charge in [0, 0.05) is 11.4 Å². The summed E-state index contributed by atoms with van der Waals surface area (Å²) in [4.78, 5) is 4.19. The Kier molecular flexibility index (Phi) is 2.22. The van der Waals surface area contributed by atoms with Crippen LogP contribution < -0.4 is 10.6 Å². The van der Waals surface area contributed by atoms with E-state index in [2.05, 4.69) is 15.6 Å². The lowest BCUT2D eigenvalue weighted by atomic mass is 10.3. The van der Waals surface area contributed by atoms with E-state index in [4.69, 9.17) is 0 Å². The molecule has 2 rings (SSSR count). The predicted molar refractivity (Wildman–Crippen MR) is 54.8 cm³/mol. The maximum absolute atomic E-state index is 11.1. The zero-order valence-electron chi connectivity index (χ0n) is 7.90. The molecule has 0 aromatic heterocycles. The van der Waals surface area contributed by atoms with Gasteiger partial charge in [-0.1, -0.05) is 0 Å². The zero-order chi connectivity index (χ0) is 10.2. The van der Waals surface area contributed by atoms with Gasteiger partial charge in [-0.15, -0.1) is 0 Å². The number of aliphatic imine (C=N–C) groups is 1. The molecule has 0 aromatic carbocycles. The quantitative estimate of drug-likeness (QED) is 0.603. The minimum absolute atomic E-state index is 0.127. The highest BCUT2D eigenvalue weighted by atomic mass is 32.2. The SMILES string of the molecule is CC1CN=C(NC2C=CS(=O)(=O)C2)N1. The van der Waals surface area contributed by atoms with Gasteiger partial charge in [-0.2, -0.15) is 0 Å². The Balaban J connectivity index is 1.92. The van der Waals surface area contributed by atoms with Gasteiger partial charge in [0.05, 0.1) is 18.3 Å². The average Bonchev–Trinajstić information content (AvgIpc) is 2.59. The van der Waals surface area contributed by atoms with E-state index < -0.39 is 9.84 Å². The van der Waals surface area contributed by atoms with Crippen molar-refractivity contribution in [3.8, 4) is 0 Å². The third-order valence-corrected chi connectivity index (χ3v) is 3.55. The van der Waals surface area contributed by atoms with Crippen LogP contribution in [0.1, 0.15) is 6.92 Å². The highest BCUT2D eigenvalue weighted by molar-refractivity contribution is 7.94. The van der Waals surface area contributed by atoms with E-state index in [1.54, 1.807) is 6.08 Å². The topological polar surface area (TPSA) is 70.6 Å². The third kappa shape index (κ3) is 2.06. The zero-order valence-corrected chi connectivity index (χ0v) is 8.71. The summed E-state index contributed by atoms with van der Waals surface area (Å²) in [5, 5.41) is 7.41. The van der Waals surface area contributed by atoms with Gasteiger partial charge in [0.1, 0.15) is 0 Å². The number of nitrogens with zero attached hydrogens (tertiary/aromatic N) is 1. The van der Waals surface area contributed by atoms with Crippen molar-refractivity contribution in [2.24, 2.45) is 4.99 Å². The smallest absolute Gasteiger partial charge is 0.192 e. The molecule has 2 N–H and O–H groups in total. The predicted octanol–water partition coefficient (Wildman–Crippen LogP) is -0.766. The molecular formula is C8H13N3O2S. The fourth-order valence-electron chi connectivity index (χ4n) is 1.48. The molecule has 2 aliphatic heterocycles.